The number of rotatable bonds is 4. The quantitative estimate of drug-likeness (QED) is 0.661. The molecule has 0 aromatic carbocycles. The van der Waals surface area contributed by atoms with Crippen LogP contribution >= 0.6 is 0 Å². The second-order valence-electron chi connectivity index (χ2n) is 6.12. The van der Waals surface area contributed by atoms with Gasteiger partial charge in [-0.2, -0.15) is 9.29 Å². The third kappa shape index (κ3) is 3.53. The van der Waals surface area contributed by atoms with Crippen molar-refractivity contribution in [3.05, 3.63) is 48.7 Å². The zero-order valence-electron chi connectivity index (χ0n) is 14.7. The monoisotopic (exact) mass is 386 g/mol. The van der Waals surface area contributed by atoms with Gasteiger partial charge >= 0.3 is 0 Å². The van der Waals surface area contributed by atoms with Gasteiger partial charge in [-0.1, -0.05) is 5.16 Å². The Morgan fingerprint density at radius 2 is 1.89 bits per heavy atom. The van der Waals surface area contributed by atoms with Gasteiger partial charge in [0.25, 0.3) is 0 Å². The van der Waals surface area contributed by atoms with Crippen LogP contribution in [0.4, 0.5) is 5.82 Å². The van der Waals surface area contributed by atoms with E-state index in [9.17, 15) is 8.42 Å². The Morgan fingerprint density at radius 1 is 1.07 bits per heavy atom. The molecule has 3 aromatic heterocycles. The third-order valence-corrected chi connectivity index (χ3v) is 6.25. The summed E-state index contributed by atoms with van der Waals surface area (Å²) in [6.07, 6.45) is 4.63. The lowest BCUT2D eigenvalue weighted by molar-refractivity contribution is 0.383. The highest BCUT2D eigenvalue weighted by atomic mass is 32.2. The Kier molecular flexibility index (Phi) is 4.58. The number of hydrogen-bond donors (Lipinski definition) is 0. The van der Waals surface area contributed by atoms with E-state index in [0.29, 0.717) is 37.9 Å². The Labute approximate surface area is 156 Å². The van der Waals surface area contributed by atoms with Crippen LogP contribution in [0.5, 0.6) is 0 Å². The molecule has 0 N–H and O–H groups in total. The van der Waals surface area contributed by atoms with Crippen LogP contribution in [-0.4, -0.2) is 59.0 Å². The first kappa shape index (κ1) is 17.6. The van der Waals surface area contributed by atoms with E-state index < -0.39 is 10.0 Å². The number of aromatic nitrogens is 4. The molecule has 0 saturated carbocycles. The van der Waals surface area contributed by atoms with Crippen LogP contribution in [0.2, 0.25) is 0 Å². The molecule has 3 aromatic rings. The molecule has 0 amide bonds. The average Bonchev–Trinajstić information content (AvgIpc) is 3.15. The molecule has 1 fully saturated rings. The van der Waals surface area contributed by atoms with Crippen molar-refractivity contribution in [1.29, 1.82) is 0 Å². The molecule has 1 aliphatic heterocycles. The molecule has 0 atom stereocenters. The fourth-order valence-electron chi connectivity index (χ4n) is 2.93. The number of piperazine rings is 1. The minimum absolute atomic E-state index is 0.219. The van der Waals surface area contributed by atoms with Crippen molar-refractivity contribution in [2.45, 2.75) is 11.8 Å². The summed E-state index contributed by atoms with van der Waals surface area (Å²) in [4.78, 5) is 14.8. The van der Waals surface area contributed by atoms with Gasteiger partial charge < -0.3 is 9.42 Å². The van der Waals surface area contributed by atoms with E-state index in [0.717, 1.165) is 11.4 Å². The van der Waals surface area contributed by atoms with Gasteiger partial charge in [0.05, 0.1) is 0 Å². The first-order chi connectivity index (χ1) is 13.0. The second-order valence-corrected chi connectivity index (χ2v) is 8.06. The van der Waals surface area contributed by atoms with Crippen LogP contribution in [0.15, 0.2) is 52.3 Å². The molecule has 0 spiro atoms. The summed E-state index contributed by atoms with van der Waals surface area (Å²) < 4.78 is 31.8. The smallest absolute Gasteiger partial charge is 0.244 e. The Morgan fingerprint density at radius 3 is 2.48 bits per heavy atom. The third-order valence-electron chi connectivity index (χ3n) is 4.37. The lowest BCUT2D eigenvalue weighted by atomic mass is 10.2. The highest BCUT2D eigenvalue weighted by molar-refractivity contribution is 7.89. The number of sulfonamides is 1. The zero-order chi connectivity index (χ0) is 18.9. The maximum absolute atomic E-state index is 12.7. The molecule has 140 valence electrons. The summed E-state index contributed by atoms with van der Waals surface area (Å²) in [6, 6.07) is 6.95. The fraction of sp³-hybridized carbons (Fsp3) is 0.294. The molecule has 10 heteroatoms. The summed E-state index contributed by atoms with van der Waals surface area (Å²) in [6.45, 7) is 3.65. The molecule has 0 aliphatic carbocycles. The molecule has 0 unspecified atom stereocenters. The van der Waals surface area contributed by atoms with E-state index in [1.807, 2.05) is 12.1 Å². The number of hydrogen-bond acceptors (Lipinski definition) is 8. The minimum Gasteiger partial charge on any atom is -0.354 e. The Balaban J connectivity index is 1.43. The van der Waals surface area contributed by atoms with Gasteiger partial charge in [-0.05, 0) is 24.3 Å². The van der Waals surface area contributed by atoms with Crippen molar-refractivity contribution in [1.82, 2.24) is 24.4 Å². The van der Waals surface area contributed by atoms with E-state index in [1.54, 1.807) is 31.5 Å². The molecule has 27 heavy (non-hydrogen) atoms. The summed E-state index contributed by atoms with van der Waals surface area (Å²) in [5, 5.41) is 3.88. The summed E-state index contributed by atoms with van der Waals surface area (Å²) >= 11 is 0. The molecule has 0 bridgehead atoms. The second kappa shape index (κ2) is 7.05. The maximum Gasteiger partial charge on any atom is 0.244 e. The molecule has 9 nitrogen and oxygen atoms in total. The van der Waals surface area contributed by atoms with Crippen molar-refractivity contribution in [2.75, 3.05) is 31.1 Å². The zero-order valence-corrected chi connectivity index (χ0v) is 15.5. The molecule has 1 saturated heterocycles. The number of nitrogens with zero attached hydrogens (tertiary/aromatic N) is 6. The van der Waals surface area contributed by atoms with Crippen LogP contribution in [0, 0.1) is 6.92 Å². The fourth-order valence-corrected chi connectivity index (χ4v) is 4.31. The SMILES string of the molecule is Cc1nc(-c2ccc(N3CCN(S(=O)(=O)c4cccnc4)CC3)nc2)no1. The largest absolute Gasteiger partial charge is 0.354 e. The maximum atomic E-state index is 12.7. The Bertz CT molecular complexity index is 1010. The van der Waals surface area contributed by atoms with Gasteiger partial charge in [-0.15, -0.1) is 0 Å². The van der Waals surface area contributed by atoms with E-state index in [-0.39, 0.29) is 4.90 Å². The van der Waals surface area contributed by atoms with Crippen molar-refractivity contribution >= 4 is 15.8 Å². The molecular formula is C17H18N6O3S. The van der Waals surface area contributed by atoms with Gasteiger partial charge in [0, 0.05) is 57.3 Å². The first-order valence-corrected chi connectivity index (χ1v) is 9.90. The van der Waals surface area contributed by atoms with Crippen molar-refractivity contribution in [3.63, 3.8) is 0 Å². The van der Waals surface area contributed by atoms with Gasteiger partial charge in [-0.25, -0.2) is 13.4 Å². The lowest BCUT2D eigenvalue weighted by Crippen LogP contribution is -2.48. The minimum atomic E-state index is -3.51. The summed E-state index contributed by atoms with van der Waals surface area (Å²) in [5.74, 6) is 1.79. The average molecular weight is 386 g/mol. The highest BCUT2D eigenvalue weighted by Crippen LogP contribution is 2.21. The van der Waals surface area contributed by atoms with Crippen molar-refractivity contribution in [2.24, 2.45) is 0 Å². The van der Waals surface area contributed by atoms with Gasteiger partial charge in [-0.3, -0.25) is 4.98 Å². The highest BCUT2D eigenvalue weighted by Gasteiger charge is 2.29. The topological polar surface area (TPSA) is 105 Å². The van der Waals surface area contributed by atoms with E-state index in [1.165, 1.54) is 10.5 Å². The molecule has 4 rings (SSSR count). The van der Waals surface area contributed by atoms with Crippen LogP contribution in [-0.2, 0) is 10.0 Å². The number of aryl methyl sites for hydroxylation is 1. The van der Waals surface area contributed by atoms with Crippen LogP contribution < -0.4 is 4.90 Å². The molecule has 4 heterocycles. The van der Waals surface area contributed by atoms with Gasteiger partial charge in [0.2, 0.25) is 21.7 Å². The predicted molar refractivity (Wildman–Crippen MR) is 97.5 cm³/mol. The standard InChI is InChI=1S/C17H18N6O3S/c1-13-20-17(21-26-13)14-4-5-16(19-11-14)22-7-9-23(10-8-22)27(24,25)15-3-2-6-18-12-15/h2-6,11-12H,7-10H2,1H3. The predicted octanol–water partition coefficient (Wildman–Crippen LogP) is 1.35. The summed E-state index contributed by atoms with van der Waals surface area (Å²) in [7, 11) is -3.51. The van der Waals surface area contributed by atoms with E-state index >= 15 is 0 Å². The summed E-state index contributed by atoms with van der Waals surface area (Å²) in [5.41, 5.74) is 0.772. The van der Waals surface area contributed by atoms with Crippen LogP contribution in [0.1, 0.15) is 5.89 Å². The van der Waals surface area contributed by atoms with Crippen molar-refractivity contribution in [3.8, 4) is 11.4 Å². The molecule has 1 aliphatic rings. The Hall–Kier alpha value is -2.85. The normalized spacial score (nSPS) is 15.8. The van der Waals surface area contributed by atoms with E-state index in [4.69, 9.17) is 4.52 Å². The lowest BCUT2D eigenvalue weighted by Gasteiger charge is -2.34. The van der Waals surface area contributed by atoms with Crippen LogP contribution in [0.25, 0.3) is 11.4 Å². The van der Waals surface area contributed by atoms with Gasteiger partial charge in [0.15, 0.2) is 0 Å². The number of pyridine rings is 2. The van der Waals surface area contributed by atoms with Crippen molar-refractivity contribution < 1.29 is 12.9 Å². The van der Waals surface area contributed by atoms with E-state index in [2.05, 4.69) is 25.0 Å². The van der Waals surface area contributed by atoms with Crippen LogP contribution in [0.3, 0.4) is 0 Å². The van der Waals surface area contributed by atoms with Gasteiger partial charge in [0.1, 0.15) is 10.7 Å². The first-order valence-electron chi connectivity index (χ1n) is 8.46. The number of anilines is 1. The molecule has 0 radical (unpaired) electrons. The molecular weight excluding hydrogens is 368 g/mol.